The molecular formula is C14H12N4O3. The van der Waals surface area contributed by atoms with Gasteiger partial charge in [0, 0.05) is 18.1 Å². The van der Waals surface area contributed by atoms with Gasteiger partial charge >= 0.3 is 6.09 Å². The van der Waals surface area contributed by atoms with E-state index in [0.717, 1.165) is 5.56 Å². The molecule has 2 aromatic rings. The predicted molar refractivity (Wildman–Crippen MR) is 73.7 cm³/mol. The molecule has 1 unspecified atom stereocenters. The minimum Gasteiger partial charge on any atom is -0.439 e. The molecule has 2 amide bonds. The van der Waals surface area contributed by atoms with E-state index in [1.165, 1.54) is 18.6 Å². The van der Waals surface area contributed by atoms with Gasteiger partial charge in [-0.3, -0.25) is 9.78 Å². The van der Waals surface area contributed by atoms with Gasteiger partial charge in [0.25, 0.3) is 5.91 Å². The Morgan fingerprint density at radius 1 is 1.29 bits per heavy atom. The molecule has 1 aromatic heterocycles. The molecule has 21 heavy (non-hydrogen) atoms. The number of nitrogens with one attached hydrogen (secondary N) is 2. The molecule has 1 fully saturated rings. The molecule has 1 aromatic carbocycles. The molecule has 2 N–H and O–H groups in total. The van der Waals surface area contributed by atoms with Gasteiger partial charge in [0.05, 0.1) is 12.7 Å². The number of cyclic esters (lactones) is 1. The summed E-state index contributed by atoms with van der Waals surface area (Å²) in [6.45, 7) is 0.449. The molecule has 0 spiro atoms. The minimum atomic E-state index is -0.417. The maximum absolute atomic E-state index is 11.9. The van der Waals surface area contributed by atoms with E-state index in [1.54, 1.807) is 24.3 Å². The van der Waals surface area contributed by atoms with Crippen LogP contribution in [-0.4, -0.2) is 28.5 Å². The number of carbonyl (C=O) groups excluding carboxylic acids is 2. The number of rotatable bonds is 3. The summed E-state index contributed by atoms with van der Waals surface area (Å²) in [6, 6.07) is 7.10. The lowest BCUT2D eigenvalue weighted by Gasteiger charge is -2.09. The zero-order valence-electron chi connectivity index (χ0n) is 10.9. The Kier molecular flexibility index (Phi) is 3.46. The Labute approximate surface area is 120 Å². The second kappa shape index (κ2) is 5.58. The fourth-order valence-electron chi connectivity index (χ4n) is 1.97. The summed E-state index contributed by atoms with van der Waals surface area (Å²) in [5.41, 5.74) is 1.74. The number of benzene rings is 1. The fraction of sp³-hybridized carbons (Fsp3) is 0.143. The molecule has 106 valence electrons. The van der Waals surface area contributed by atoms with Crippen molar-refractivity contribution in [2.45, 2.75) is 6.10 Å². The summed E-state index contributed by atoms with van der Waals surface area (Å²) in [5.74, 6) is -0.329. The lowest BCUT2D eigenvalue weighted by atomic mass is 10.1. The number of aromatic nitrogens is 2. The van der Waals surface area contributed by atoms with E-state index in [0.29, 0.717) is 12.2 Å². The zero-order valence-corrected chi connectivity index (χ0v) is 10.9. The average molecular weight is 284 g/mol. The number of ether oxygens (including phenoxy) is 1. The molecule has 1 aliphatic heterocycles. The third-order valence-corrected chi connectivity index (χ3v) is 3.02. The highest BCUT2D eigenvalue weighted by molar-refractivity contribution is 6.02. The Morgan fingerprint density at radius 2 is 2.10 bits per heavy atom. The lowest BCUT2D eigenvalue weighted by molar-refractivity contribution is 0.102. The van der Waals surface area contributed by atoms with E-state index in [1.807, 2.05) is 0 Å². The maximum atomic E-state index is 11.9. The summed E-state index contributed by atoms with van der Waals surface area (Å²) in [7, 11) is 0. The van der Waals surface area contributed by atoms with Gasteiger partial charge in [-0.2, -0.15) is 0 Å². The average Bonchev–Trinajstić information content (AvgIpc) is 2.95. The highest BCUT2D eigenvalue weighted by atomic mass is 16.6. The topological polar surface area (TPSA) is 93.2 Å². The van der Waals surface area contributed by atoms with Gasteiger partial charge in [-0.25, -0.2) is 9.78 Å². The maximum Gasteiger partial charge on any atom is 0.407 e. The van der Waals surface area contributed by atoms with Crippen LogP contribution in [0, 0.1) is 0 Å². The number of anilines is 1. The van der Waals surface area contributed by atoms with Gasteiger partial charge < -0.3 is 15.4 Å². The van der Waals surface area contributed by atoms with Gasteiger partial charge in [0.1, 0.15) is 11.8 Å². The molecular weight excluding hydrogens is 272 g/mol. The number of hydrogen-bond acceptors (Lipinski definition) is 5. The van der Waals surface area contributed by atoms with Crippen molar-refractivity contribution >= 4 is 17.7 Å². The first-order valence-electron chi connectivity index (χ1n) is 6.34. The second-order valence-electron chi connectivity index (χ2n) is 4.44. The summed E-state index contributed by atoms with van der Waals surface area (Å²) < 4.78 is 5.08. The normalized spacial score (nSPS) is 17.0. The van der Waals surface area contributed by atoms with Crippen LogP contribution in [0.2, 0.25) is 0 Å². The van der Waals surface area contributed by atoms with Crippen LogP contribution >= 0.6 is 0 Å². The van der Waals surface area contributed by atoms with Crippen molar-refractivity contribution in [3.63, 3.8) is 0 Å². The molecule has 0 radical (unpaired) electrons. The van der Waals surface area contributed by atoms with Gasteiger partial charge in [0.15, 0.2) is 0 Å². The van der Waals surface area contributed by atoms with Crippen LogP contribution in [0.1, 0.15) is 22.2 Å². The molecule has 7 heteroatoms. The highest BCUT2D eigenvalue weighted by Crippen LogP contribution is 2.22. The summed E-state index contributed by atoms with van der Waals surface area (Å²) in [4.78, 5) is 30.7. The van der Waals surface area contributed by atoms with Crippen molar-refractivity contribution in [3.8, 4) is 0 Å². The molecule has 1 atom stereocenters. The molecule has 2 heterocycles. The fourth-order valence-corrected chi connectivity index (χ4v) is 1.97. The van der Waals surface area contributed by atoms with Crippen LogP contribution in [0.15, 0.2) is 42.9 Å². The van der Waals surface area contributed by atoms with Crippen molar-refractivity contribution in [1.29, 1.82) is 0 Å². The van der Waals surface area contributed by atoms with Crippen LogP contribution in [-0.2, 0) is 4.74 Å². The third kappa shape index (κ3) is 2.97. The first-order valence-corrected chi connectivity index (χ1v) is 6.34. The Bertz CT molecular complexity index is 658. The van der Waals surface area contributed by atoms with Crippen LogP contribution in [0.4, 0.5) is 10.5 Å². The van der Waals surface area contributed by atoms with Crippen molar-refractivity contribution in [1.82, 2.24) is 15.3 Å². The van der Waals surface area contributed by atoms with Gasteiger partial charge in [0.2, 0.25) is 0 Å². The molecule has 0 aliphatic carbocycles. The largest absolute Gasteiger partial charge is 0.439 e. The highest BCUT2D eigenvalue weighted by Gasteiger charge is 2.23. The Morgan fingerprint density at radius 3 is 2.71 bits per heavy atom. The van der Waals surface area contributed by atoms with E-state index in [9.17, 15) is 9.59 Å². The molecule has 3 rings (SSSR count). The Hall–Kier alpha value is -2.96. The van der Waals surface area contributed by atoms with E-state index in [4.69, 9.17) is 4.74 Å². The standard InChI is InChI=1S/C14H12N4O3/c19-13(11-7-15-5-6-16-11)18-10-3-1-9(2-4-10)12-8-17-14(20)21-12/h1-7,12H,8H2,(H,17,20)(H,18,19). The Balaban J connectivity index is 1.67. The number of amides is 2. The summed E-state index contributed by atoms with van der Waals surface area (Å²) in [6.07, 6.45) is 3.65. The minimum absolute atomic E-state index is 0.246. The van der Waals surface area contributed by atoms with Crippen LogP contribution < -0.4 is 10.6 Å². The van der Waals surface area contributed by atoms with Crippen molar-refractivity contribution < 1.29 is 14.3 Å². The van der Waals surface area contributed by atoms with Crippen molar-refractivity contribution in [3.05, 3.63) is 54.1 Å². The van der Waals surface area contributed by atoms with E-state index < -0.39 is 6.09 Å². The quantitative estimate of drug-likeness (QED) is 0.891. The first kappa shape index (κ1) is 13.0. The molecule has 0 bridgehead atoms. The van der Waals surface area contributed by atoms with Gasteiger partial charge in [-0.05, 0) is 17.7 Å². The molecule has 0 saturated carbocycles. The number of nitrogens with zero attached hydrogens (tertiary/aromatic N) is 2. The number of carbonyl (C=O) groups is 2. The van der Waals surface area contributed by atoms with Crippen LogP contribution in [0.25, 0.3) is 0 Å². The van der Waals surface area contributed by atoms with E-state index in [2.05, 4.69) is 20.6 Å². The van der Waals surface area contributed by atoms with E-state index >= 15 is 0 Å². The zero-order chi connectivity index (χ0) is 14.7. The summed E-state index contributed by atoms with van der Waals surface area (Å²) >= 11 is 0. The SMILES string of the molecule is O=C1NCC(c2ccc(NC(=O)c3cnccn3)cc2)O1. The smallest absolute Gasteiger partial charge is 0.407 e. The van der Waals surface area contributed by atoms with E-state index in [-0.39, 0.29) is 17.7 Å². The predicted octanol–water partition coefficient (Wildman–Crippen LogP) is 1.51. The molecule has 1 aliphatic rings. The van der Waals surface area contributed by atoms with Crippen molar-refractivity contribution in [2.24, 2.45) is 0 Å². The number of alkyl carbamates (subject to hydrolysis) is 1. The molecule has 7 nitrogen and oxygen atoms in total. The third-order valence-electron chi connectivity index (χ3n) is 3.02. The van der Waals surface area contributed by atoms with Gasteiger partial charge in [-0.1, -0.05) is 12.1 Å². The first-order chi connectivity index (χ1) is 10.2. The lowest BCUT2D eigenvalue weighted by Crippen LogP contribution is -2.14. The van der Waals surface area contributed by atoms with Crippen molar-refractivity contribution in [2.75, 3.05) is 11.9 Å². The molecule has 1 saturated heterocycles. The van der Waals surface area contributed by atoms with Crippen LogP contribution in [0.5, 0.6) is 0 Å². The monoisotopic (exact) mass is 284 g/mol. The number of hydrogen-bond donors (Lipinski definition) is 2. The van der Waals surface area contributed by atoms with Gasteiger partial charge in [-0.15, -0.1) is 0 Å². The van der Waals surface area contributed by atoms with Crippen LogP contribution in [0.3, 0.4) is 0 Å². The summed E-state index contributed by atoms with van der Waals surface area (Å²) in [5, 5.41) is 5.31. The second-order valence-corrected chi connectivity index (χ2v) is 4.44.